The molecular weight excluding hydrogens is 299 g/mol. The van der Waals surface area contributed by atoms with E-state index in [0.717, 1.165) is 6.07 Å². The first kappa shape index (κ1) is 14.8. The van der Waals surface area contributed by atoms with Crippen molar-refractivity contribution in [2.24, 2.45) is 0 Å². The topological polar surface area (TPSA) is 76.2 Å². The van der Waals surface area contributed by atoms with Crippen LogP contribution in [0.25, 0.3) is 0 Å². The van der Waals surface area contributed by atoms with Crippen LogP contribution in [0.2, 0.25) is 5.02 Å². The minimum absolute atomic E-state index is 0.0765. The molecule has 0 radical (unpaired) electrons. The third-order valence-electron chi connectivity index (χ3n) is 2.71. The predicted molar refractivity (Wildman–Crippen MR) is 73.6 cm³/mol. The highest BCUT2D eigenvalue weighted by Gasteiger charge is 2.13. The van der Waals surface area contributed by atoms with Crippen LogP contribution >= 0.6 is 11.6 Å². The zero-order valence-corrected chi connectivity index (χ0v) is 11.3. The van der Waals surface area contributed by atoms with Crippen LogP contribution in [0.3, 0.4) is 0 Å². The first-order valence-electron chi connectivity index (χ1n) is 5.77. The lowest BCUT2D eigenvalue weighted by Gasteiger charge is -2.09. The van der Waals surface area contributed by atoms with E-state index in [1.807, 2.05) is 0 Å². The number of hydrogen-bond acceptors (Lipinski definition) is 4. The van der Waals surface area contributed by atoms with Gasteiger partial charge in [-0.3, -0.25) is 10.1 Å². The van der Waals surface area contributed by atoms with Crippen LogP contribution < -0.4 is 4.74 Å². The maximum Gasteiger partial charge on any atom is 0.273 e. The lowest BCUT2D eigenvalue weighted by atomic mass is 10.1. The van der Waals surface area contributed by atoms with E-state index in [9.17, 15) is 14.5 Å². The van der Waals surface area contributed by atoms with Gasteiger partial charge in [0, 0.05) is 11.6 Å². The first-order chi connectivity index (χ1) is 10.0. The number of ether oxygens (including phenoxy) is 1. The van der Waals surface area contributed by atoms with Gasteiger partial charge < -0.3 is 4.74 Å². The average molecular weight is 307 g/mol. The molecule has 2 aromatic rings. The molecule has 0 fully saturated rings. The second-order valence-corrected chi connectivity index (χ2v) is 4.46. The van der Waals surface area contributed by atoms with Crippen LogP contribution in [-0.4, -0.2) is 4.92 Å². The molecule has 5 nitrogen and oxygen atoms in total. The fraction of sp³-hybridized carbons (Fsp3) is 0.0714. The standard InChI is InChI=1S/C14H8ClFN2O3/c15-12-5-4-11(18(19)20)6-13(12)21-8-10-3-1-2-9(7-17)14(10)16/h1-6H,8H2. The van der Waals surface area contributed by atoms with Gasteiger partial charge in [-0.2, -0.15) is 5.26 Å². The third-order valence-corrected chi connectivity index (χ3v) is 3.02. The van der Waals surface area contributed by atoms with Crippen LogP contribution in [0.15, 0.2) is 36.4 Å². The molecule has 0 aliphatic carbocycles. The largest absolute Gasteiger partial charge is 0.487 e. The molecule has 7 heteroatoms. The summed E-state index contributed by atoms with van der Waals surface area (Å²) in [6.45, 7) is -0.192. The Kier molecular flexibility index (Phi) is 4.36. The summed E-state index contributed by atoms with van der Waals surface area (Å²) in [6.07, 6.45) is 0. The molecule has 0 atom stereocenters. The summed E-state index contributed by atoms with van der Waals surface area (Å²) in [5.41, 5.74) is -0.112. The van der Waals surface area contributed by atoms with Crippen molar-refractivity contribution in [3.8, 4) is 11.8 Å². The number of halogens is 2. The van der Waals surface area contributed by atoms with Crippen molar-refractivity contribution in [2.75, 3.05) is 0 Å². The van der Waals surface area contributed by atoms with Gasteiger partial charge in [-0.1, -0.05) is 23.7 Å². The highest BCUT2D eigenvalue weighted by atomic mass is 35.5. The fourth-order valence-electron chi connectivity index (χ4n) is 1.65. The second kappa shape index (κ2) is 6.20. The molecule has 0 aliphatic heterocycles. The van der Waals surface area contributed by atoms with Gasteiger partial charge in [0.15, 0.2) is 0 Å². The van der Waals surface area contributed by atoms with Crippen molar-refractivity contribution in [3.63, 3.8) is 0 Å². The third kappa shape index (κ3) is 3.27. The summed E-state index contributed by atoms with van der Waals surface area (Å²) < 4.78 is 19.1. The molecule has 0 saturated carbocycles. The van der Waals surface area contributed by atoms with Gasteiger partial charge in [0.25, 0.3) is 5.69 Å². The molecule has 2 rings (SSSR count). The van der Waals surface area contributed by atoms with Crippen molar-refractivity contribution < 1.29 is 14.1 Å². The van der Waals surface area contributed by atoms with E-state index in [4.69, 9.17) is 21.6 Å². The molecule has 2 aromatic carbocycles. The molecule has 0 bridgehead atoms. The number of hydrogen-bond donors (Lipinski definition) is 0. The summed E-state index contributed by atoms with van der Waals surface area (Å²) in [7, 11) is 0. The van der Waals surface area contributed by atoms with Crippen molar-refractivity contribution in [1.82, 2.24) is 0 Å². The Morgan fingerprint density at radius 2 is 2.14 bits per heavy atom. The zero-order chi connectivity index (χ0) is 15.4. The molecule has 21 heavy (non-hydrogen) atoms. The zero-order valence-electron chi connectivity index (χ0n) is 10.5. The summed E-state index contributed by atoms with van der Waals surface area (Å²) in [4.78, 5) is 10.1. The number of non-ortho nitro benzene ring substituents is 1. The molecule has 0 aliphatic rings. The first-order valence-corrected chi connectivity index (χ1v) is 6.15. The van der Waals surface area contributed by atoms with Crippen LogP contribution in [0.4, 0.5) is 10.1 Å². The summed E-state index contributed by atoms with van der Waals surface area (Å²) in [5, 5.41) is 19.6. The maximum atomic E-state index is 13.8. The molecule has 0 N–H and O–H groups in total. The monoisotopic (exact) mass is 306 g/mol. The molecule has 0 amide bonds. The average Bonchev–Trinajstić information content (AvgIpc) is 2.47. The molecule has 0 unspecified atom stereocenters. The highest BCUT2D eigenvalue weighted by molar-refractivity contribution is 6.32. The summed E-state index contributed by atoms with van der Waals surface area (Å²) in [5.74, 6) is -0.603. The van der Waals surface area contributed by atoms with E-state index in [0.29, 0.717) is 0 Å². The Hall–Kier alpha value is -2.65. The van der Waals surface area contributed by atoms with E-state index in [-0.39, 0.29) is 34.2 Å². The molecule has 0 spiro atoms. The SMILES string of the molecule is N#Cc1cccc(COc2cc([N+](=O)[O-])ccc2Cl)c1F. The van der Waals surface area contributed by atoms with Gasteiger partial charge in [-0.15, -0.1) is 0 Å². The number of nitro groups is 1. The summed E-state index contributed by atoms with van der Waals surface area (Å²) in [6, 6.07) is 9.79. The van der Waals surface area contributed by atoms with Gasteiger partial charge in [-0.25, -0.2) is 4.39 Å². The Labute approximate surface area is 124 Å². The Bertz CT molecular complexity index is 743. The Morgan fingerprint density at radius 1 is 1.38 bits per heavy atom. The number of benzene rings is 2. The molecular formula is C14H8ClFN2O3. The molecule has 0 heterocycles. The van der Waals surface area contributed by atoms with Gasteiger partial charge in [-0.05, 0) is 12.1 Å². The lowest BCUT2D eigenvalue weighted by Crippen LogP contribution is -2.01. The van der Waals surface area contributed by atoms with Crippen LogP contribution in [0, 0.1) is 27.3 Å². The van der Waals surface area contributed by atoms with E-state index >= 15 is 0 Å². The van der Waals surface area contributed by atoms with Crippen molar-refractivity contribution >= 4 is 17.3 Å². The van der Waals surface area contributed by atoms with Gasteiger partial charge in [0.2, 0.25) is 0 Å². The van der Waals surface area contributed by atoms with E-state index in [1.54, 1.807) is 6.07 Å². The number of rotatable bonds is 4. The second-order valence-electron chi connectivity index (χ2n) is 4.05. The maximum absolute atomic E-state index is 13.8. The molecule has 0 saturated heterocycles. The van der Waals surface area contributed by atoms with Crippen molar-refractivity contribution in [3.05, 3.63) is 68.5 Å². The van der Waals surface area contributed by atoms with E-state index in [2.05, 4.69) is 0 Å². The van der Waals surface area contributed by atoms with Crippen molar-refractivity contribution in [1.29, 1.82) is 5.26 Å². The minimum atomic E-state index is -0.679. The molecule has 106 valence electrons. The smallest absolute Gasteiger partial charge is 0.273 e. The van der Waals surface area contributed by atoms with Crippen LogP contribution in [0.5, 0.6) is 5.75 Å². The predicted octanol–water partition coefficient (Wildman–Crippen LogP) is 3.84. The molecule has 0 aromatic heterocycles. The number of nitrogens with zero attached hydrogens (tertiary/aromatic N) is 2. The van der Waals surface area contributed by atoms with Crippen molar-refractivity contribution in [2.45, 2.75) is 6.61 Å². The van der Waals surface area contributed by atoms with E-state index < -0.39 is 10.7 Å². The lowest BCUT2D eigenvalue weighted by molar-refractivity contribution is -0.384. The van der Waals surface area contributed by atoms with Gasteiger partial charge in [0.05, 0.1) is 21.6 Å². The van der Waals surface area contributed by atoms with Crippen LogP contribution in [0.1, 0.15) is 11.1 Å². The normalized spacial score (nSPS) is 9.95. The summed E-state index contributed by atoms with van der Waals surface area (Å²) >= 11 is 5.87. The number of nitro benzene ring substituents is 1. The Morgan fingerprint density at radius 3 is 2.81 bits per heavy atom. The fourth-order valence-corrected chi connectivity index (χ4v) is 1.82. The van der Waals surface area contributed by atoms with Crippen LogP contribution in [-0.2, 0) is 6.61 Å². The Balaban J connectivity index is 2.23. The highest BCUT2D eigenvalue weighted by Crippen LogP contribution is 2.29. The van der Waals surface area contributed by atoms with E-state index in [1.165, 1.54) is 30.3 Å². The van der Waals surface area contributed by atoms with Gasteiger partial charge >= 0.3 is 0 Å². The van der Waals surface area contributed by atoms with Gasteiger partial charge in [0.1, 0.15) is 24.2 Å². The quantitative estimate of drug-likeness (QED) is 0.635. The number of nitriles is 1. The minimum Gasteiger partial charge on any atom is -0.487 e.